The first-order valence-electron chi connectivity index (χ1n) is 6.52. The number of para-hydroxylation sites is 1. The lowest BCUT2D eigenvalue weighted by molar-refractivity contribution is 0.112. The van der Waals surface area contributed by atoms with Crippen LogP contribution in [-0.2, 0) is 0 Å². The second-order valence-corrected chi connectivity index (χ2v) is 5.05. The van der Waals surface area contributed by atoms with E-state index in [-0.39, 0.29) is 5.82 Å². The number of hydrogen-bond donors (Lipinski definition) is 0. The van der Waals surface area contributed by atoms with E-state index >= 15 is 0 Å². The summed E-state index contributed by atoms with van der Waals surface area (Å²) in [5.74, 6) is -0.292. The van der Waals surface area contributed by atoms with Crippen LogP contribution >= 0.6 is 0 Å². The maximum absolute atomic E-state index is 13.9. The summed E-state index contributed by atoms with van der Waals surface area (Å²) in [6.45, 7) is 3.55. The molecule has 96 valence electrons. The fraction of sp³-hybridized carbons (Fsp3) is 0.500. The third-order valence-corrected chi connectivity index (χ3v) is 3.84. The molecule has 0 spiro atoms. The predicted octanol–water partition coefficient (Wildman–Crippen LogP) is 1.92. The van der Waals surface area contributed by atoms with Crippen LogP contribution in [0.5, 0.6) is 0 Å². The third kappa shape index (κ3) is 2.12. The van der Waals surface area contributed by atoms with Crippen LogP contribution in [0.1, 0.15) is 23.2 Å². The van der Waals surface area contributed by atoms with Gasteiger partial charge < -0.3 is 4.90 Å². The standard InChI is InChI=1S/C14H17FN2O/c15-13-3-1-2-11(10-18)14(13)17-8-6-16(7-9-17)12-4-5-12/h1-3,10,12H,4-9H2. The van der Waals surface area contributed by atoms with Crippen LogP contribution in [0.3, 0.4) is 0 Å². The number of hydrogen-bond acceptors (Lipinski definition) is 3. The SMILES string of the molecule is O=Cc1cccc(F)c1N1CCN(C2CC2)CC1. The van der Waals surface area contributed by atoms with Crippen molar-refractivity contribution >= 4 is 12.0 Å². The Kier molecular flexibility index (Phi) is 3.04. The molecule has 1 heterocycles. The molecule has 0 unspecified atom stereocenters. The molecule has 1 aromatic rings. The van der Waals surface area contributed by atoms with Gasteiger partial charge in [0, 0.05) is 37.8 Å². The molecule has 0 atom stereocenters. The minimum absolute atomic E-state index is 0.292. The van der Waals surface area contributed by atoms with Gasteiger partial charge in [-0.3, -0.25) is 9.69 Å². The average molecular weight is 248 g/mol. The van der Waals surface area contributed by atoms with Gasteiger partial charge in [0.15, 0.2) is 6.29 Å². The summed E-state index contributed by atoms with van der Waals surface area (Å²) in [5.41, 5.74) is 0.929. The maximum Gasteiger partial charge on any atom is 0.152 e. The summed E-state index contributed by atoms with van der Waals surface area (Å²) in [6.07, 6.45) is 3.35. The first kappa shape index (κ1) is 11.7. The van der Waals surface area contributed by atoms with Gasteiger partial charge in [0.05, 0.1) is 5.69 Å². The molecule has 3 nitrogen and oxygen atoms in total. The number of piperazine rings is 1. The second-order valence-electron chi connectivity index (χ2n) is 5.05. The summed E-state index contributed by atoms with van der Waals surface area (Å²) < 4.78 is 13.9. The number of carbonyl (C=O) groups excluding carboxylic acids is 1. The lowest BCUT2D eigenvalue weighted by Gasteiger charge is -2.36. The number of benzene rings is 1. The van der Waals surface area contributed by atoms with E-state index in [0.717, 1.165) is 38.5 Å². The Morgan fingerprint density at radius 1 is 1.17 bits per heavy atom. The van der Waals surface area contributed by atoms with Gasteiger partial charge in [-0.25, -0.2) is 4.39 Å². The first-order chi connectivity index (χ1) is 8.79. The molecule has 0 bridgehead atoms. The smallest absolute Gasteiger partial charge is 0.152 e. The molecule has 1 saturated heterocycles. The van der Waals surface area contributed by atoms with Crippen molar-refractivity contribution in [2.45, 2.75) is 18.9 Å². The van der Waals surface area contributed by atoms with E-state index in [9.17, 15) is 9.18 Å². The molecule has 1 aromatic carbocycles. The van der Waals surface area contributed by atoms with Crippen molar-refractivity contribution in [1.29, 1.82) is 0 Å². The Bertz CT molecular complexity index is 451. The summed E-state index contributed by atoms with van der Waals surface area (Å²) in [6, 6.07) is 5.45. The highest BCUT2D eigenvalue weighted by Crippen LogP contribution is 2.30. The molecule has 1 aliphatic heterocycles. The van der Waals surface area contributed by atoms with Gasteiger partial charge in [0.1, 0.15) is 5.82 Å². The van der Waals surface area contributed by atoms with Gasteiger partial charge in [-0.2, -0.15) is 0 Å². The van der Waals surface area contributed by atoms with E-state index in [1.165, 1.54) is 18.9 Å². The van der Waals surface area contributed by atoms with Crippen LogP contribution in [-0.4, -0.2) is 43.4 Å². The Balaban J connectivity index is 1.77. The fourth-order valence-electron chi connectivity index (χ4n) is 2.71. The number of nitrogens with zero attached hydrogens (tertiary/aromatic N) is 2. The number of aldehydes is 1. The summed E-state index contributed by atoms with van der Waals surface area (Å²) in [7, 11) is 0. The van der Waals surface area contributed by atoms with Gasteiger partial charge in [-0.1, -0.05) is 6.07 Å². The van der Waals surface area contributed by atoms with E-state index in [1.54, 1.807) is 12.1 Å². The number of carbonyl (C=O) groups is 1. The molecule has 2 aliphatic rings. The Hall–Kier alpha value is -1.42. The van der Waals surface area contributed by atoms with E-state index in [4.69, 9.17) is 0 Å². The average Bonchev–Trinajstić information content (AvgIpc) is 3.23. The van der Waals surface area contributed by atoms with Gasteiger partial charge in [-0.15, -0.1) is 0 Å². The summed E-state index contributed by atoms with van der Waals surface area (Å²) >= 11 is 0. The molecule has 0 aromatic heterocycles. The van der Waals surface area contributed by atoms with Crippen molar-refractivity contribution < 1.29 is 9.18 Å². The van der Waals surface area contributed by atoms with Gasteiger partial charge in [0.2, 0.25) is 0 Å². The highest BCUT2D eigenvalue weighted by molar-refractivity contribution is 5.84. The van der Waals surface area contributed by atoms with Crippen molar-refractivity contribution in [2.75, 3.05) is 31.1 Å². The number of anilines is 1. The fourth-order valence-corrected chi connectivity index (χ4v) is 2.71. The maximum atomic E-state index is 13.9. The Labute approximate surface area is 106 Å². The topological polar surface area (TPSA) is 23.6 Å². The molecule has 1 saturated carbocycles. The monoisotopic (exact) mass is 248 g/mol. The van der Waals surface area contributed by atoms with Crippen molar-refractivity contribution in [3.63, 3.8) is 0 Å². The van der Waals surface area contributed by atoms with E-state index in [1.807, 2.05) is 4.90 Å². The van der Waals surface area contributed by atoms with Crippen LogP contribution in [0.4, 0.5) is 10.1 Å². The van der Waals surface area contributed by atoms with Crippen LogP contribution < -0.4 is 4.90 Å². The predicted molar refractivity (Wildman–Crippen MR) is 68.6 cm³/mol. The van der Waals surface area contributed by atoms with Gasteiger partial charge in [-0.05, 0) is 25.0 Å². The third-order valence-electron chi connectivity index (χ3n) is 3.84. The number of halogens is 1. The highest BCUT2D eigenvalue weighted by Gasteiger charge is 2.32. The van der Waals surface area contributed by atoms with Crippen molar-refractivity contribution in [2.24, 2.45) is 0 Å². The minimum Gasteiger partial charge on any atom is -0.366 e. The van der Waals surface area contributed by atoms with Crippen molar-refractivity contribution in [3.8, 4) is 0 Å². The van der Waals surface area contributed by atoms with Gasteiger partial charge in [0.25, 0.3) is 0 Å². The zero-order valence-corrected chi connectivity index (χ0v) is 10.3. The van der Waals surface area contributed by atoms with Crippen LogP contribution in [0.15, 0.2) is 18.2 Å². The molecule has 3 rings (SSSR count). The normalized spacial score (nSPS) is 21.1. The molecular formula is C14H17FN2O. The zero-order chi connectivity index (χ0) is 12.5. The van der Waals surface area contributed by atoms with Crippen molar-refractivity contribution in [3.05, 3.63) is 29.6 Å². The minimum atomic E-state index is -0.292. The number of rotatable bonds is 3. The lowest BCUT2D eigenvalue weighted by Crippen LogP contribution is -2.47. The van der Waals surface area contributed by atoms with Crippen LogP contribution in [0, 0.1) is 5.82 Å². The molecule has 0 N–H and O–H groups in total. The zero-order valence-electron chi connectivity index (χ0n) is 10.3. The molecule has 18 heavy (non-hydrogen) atoms. The van der Waals surface area contributed by atoms with E-state index in [0.29, 0.717) is 11.3 Å². The summed E-state index contributed by atoms with van der Waals surface area (Å²) in [4.78, 5) is 15.5. The quantitative estimate of drug-likeness (QED) is 0.764. The summed E-state index contributed by atoms with van der Waals surface area (Å²) in [5, 5.41) is 0. The van der Waals surface area contributed by atoms with E-state index in [2.05, 4.69) is 4.90 Å². The van der Waals surface area contributed by atoms with Crippen LogP contribution in [0.2, 0.25) is 0 Å². The molecular weight excluding hydrogens is 231 g/mol. The van der Waals surface area contributed by atoms with Gasteiger partial charge >= 0.3 is 0 Å². The first-order valence-corrected chi connectivity index (χ1v) is 6.52. The van der Waals surface area contributed by atoms with Crippen molar-refractivity contribution in [1.82, 2.24) is 4.90 Å². The molecule has 0 amide bonds. The highest BCUT2D eigenvalue weighted by atomic mass is 19.1. The van der Waals surface area contributed by atoms with Crippen LogP contribution in [0.25, 0.3) is 0 Å². The molecule has 1 aliphatic carbocycles. The second kappa shape index (κ2) is 4.69. The lowest BCUT2D eigenvalue weighted by atomic mass is 10.1. The van der Waals surface area contributed by atoms with E-state index < -0.39 is 0 Å². The Morgan fingerprint density at radius 3 is 2.50 bits per heavy atom. The molecule has 0 radical (unpaired) electrons. The molecule has 4 heteroatoms. The molecule has 2 fully saturated rings. The Morgan fingerprint density at radius 2 is 1.89 bits per heavy atom. The largest absolute Gasteiger partial charge is 0.366 e.